The Labute approximate surface area is 234 Å². The summed E-state index contributed by atoms with van der Waals surface area (Å²) in [7, 11) is 0. The van der Waals surface area contributed by atoms with Gasteiger partial charge in [-0.15, -0.1) is 0 Å². The molecule has 3 N–H and O–H groups in total. The molecule has 0 spiro atoms. The number of amides is 2. The van der Waals surface area contributed by atoms with Crippen LogP contribution in [0.5, 0.6) is 0 Å². The number of nitrogens with one attached hydrogen (secondary N) is 1. The molecule has 0 aliphatic carbocycles. The summed E-state index contributed by atoms with van der Waals surface area (Å²) in [5.74, 6) is -1.32. The van der Waals surface area contributed by atoms with Gasteiger partial charge in [-0.1, -0.05) is 48.5 Å². The van der Waals surface area contributed by atoms with Gasteiger partial charge in [-0.3, -0.25) is 9.59 Å². The minimum Gasteiger partial charge on any atom is -0.396 e. The van der Waals surface area contributed by atoms with Crippen molar-refractivity contribution in [3.8, 4) is 0 Å². The highest BCUT2D eigenvalue weighted by Crippen LogP contribution is 2.38. The van der Waals surface area contributed by atoms with Crippen LogP contribution in [0.25, 0.3) is 0 Å². The summed E-state index contributed by atoms with van der Waals surface area (Å²) < 4.78 is 51.1. The molecule has 0 bridgehead atoms. The molecular weight excluding hydrogens is 549 g/mol. The van der Waals surface area contributed by atoms with E-state index in [1.165, 1.54) is 0 Å². The number of ether oxygens (including phenoxy) is 2. The highest BCUT2D eigenvalue weighted by molar-refractivity contribution is 7.99. The van der Waals surface area contributed by atoms with Gasteiger partial charge in [0, 0.05) is 36.6 Å². The Morgan fingerprint density at radius 3 is 2.33 bits per heavy atom. The summed E-state index contributed by atoms with van der Waals surface area (Å²) in [6, 6.07) is 13.6. The second-order valence-electron chi connectivity index (χ2n) is 9.76. The van der Waals surface area contributed by atoms with Crippen LogP contribution >= 0.6 is 11.8 Å². The molecule has 2 aromatic rings. The van der Waals surface area contributed by atoms with Gasteiger partial charge in [0.25, 0.3) is 0 Å². The number of nitrogens with zero attached hydrogens (tertiary/aromatic N) is 1. The number of carbonyl (C=O) groups is 2. The van der Waals surface area contributed by atoms with E-state index in [-0.39, 0.29) is 44.9 Å². The molecule has 0 saturated carbocycles. The smallest absolute Gasteiger partial charge is 0.396 e. The molecule has 8 nitrogen and oxygen atoms in total. The van der Waals surface area contributed by atoms with E-state index in [9.17, 15) is 27.9 Å². The third kappa shape index (κ3) is 7.76. The summed E-state index contributed by atoms with van der Waals surface area (Å²) in [6.45, 7) is 0.0308. The maximum Gasteiger partial charge on any atom is 0.471 e. The van der Waals surface area contributed by atoms with Crippen molar-refractivity contribution < 1.29 is 42.4 Å². The molecule has 2 aliphatic rings. The first kappa shape index (κ1) is 30.3. The Balaban J connectivity index is 1.39. The molecule has 2 fully saturated rings. The van der Waals surface area contributed by atoms with E-state index in [0.717, 1.165) is 22.3 Å². The number of aliphatic hydroxyl groups excluding tert-OH is 2. The lowest BCUT2D eigenvalue weighted by Crippen LogP contribution is -2.50. The third-order valence-corrected chi connectivity index (χ3v) is 8.01. The Hall–Kier alpha value is -2.64. The zero-order chi connectivity index (χ0) is 28.7. The van der Waals surface area contributed by atoms with Gasteiger partial charge in [-0.05, 0) is 29.5 Å². The molecule has 2 amide bonds. The Morgan fingerprint density at radius 1 is 1.00 bits per heavy atom. The lowest BCUT2D eigenvalue weighted by atomic mass is 10.0. The van der Waals surface area contributed by atoms with Crippen molar-refractivity contribution >= 4 is 23.6 Å². The van der Waals surface area contributed by atoms with Crippen molar-refractivity contribution in [1.82, 2.24) is 10.2 Å². The van der Waals surface area contributed by atoms with Crippen LogP contribution in [-0.4, -0.2) is 69.9 Å². The second-order valence-corrected chi connectivity index (χ2v) is 10.9. The molecule has 40 heavy (non-hydrogen) atoms. The Morgan fingerprint density at radius 2 is 1.68 bits per heavy atom. The van der Waals surface area contributed by atoms with Gasteiger partial charge in [0.1, 0.15) is 6.04 Å². The molecule has 4 unspecified atom stereocenters. The highest BCUT2D eigenvalue weighted by Gasteiger charge is 2.47. The standard InChI is InChI=1S/C28H33F3N2O6S/c29-28(30,31)27(37)33-11-1-2-23(33)25(36)32-15-18-3-9-21(10-4-18)26-38-22(17-40-13-12-34)14-24(39-26)20-7-5-19(16-35)6-8-20/h3-10,22-24,26,34-35H,1-2,11-17H2,(H,32,36). The van der Waals surface area contributed by atoms with E-state index in [1.54, 1.807) is 23.9 Å². The van der Waals surface area contributed by atoms with Crippen molar-refractivity contribution in [2.24, 2.45) is 0 Å². The molecule has 2 saturated heterocycles. The predicted molar refractivity (Wildman–Crippen MR) is 142 cm³/mol. The number of benzene rings is 2. The molecule has 2 aromatic carbocycles. The molecule has 0 radical (unpaired) electrons. The van der Waals surface area contributed by atoms with Crippen LogP contribution in [0.15, 0.2) is 48.5 Å². The minimum absolute atomic E-state index is 0.0463. The van der Waals surface area contributed by atoms with Crippen LogP contribution < -0.4 is 5.32 Å². The number of likely N-dealkylation sites (tertiary alicyclic amines) is 1. The molecule has 0 aromatic heterocycles. The quantitative estimate of drug-likeness (QED) is 0.368. The van der Waals surface area contributed by atoms with Crippen molar-refractivity contribution in [2.45, 2.75) is 63.1 Å². The van der Waals surface area contributed by atoms with Crippen LogP contribution in [0.2, 0.25) is 0 Å². The number of hydrogen-bond donors (Lipinski definition) is 3. The number of halogens is 3. The number of carbonyl (C=O) groups excluding carboxylic acids is 2. The van der Waals surface area contributed by atoms with E-state index in [2.05, 4.69) is 5.32 Å². The summed E-state index contributed by atoms with van der Waals surface area (Å²) in [5.41, 5.74) is 3.26. The van der Waals surface area contributed by atoms with Crippen molar-refractivity contribution in [1.29, 1.82) is 0 Å². The van der Waals surface area contributed by atoms with E-state index in [0.29, 0.717) is 29.2 Å². The molecule has 12 heteroatoms. The van der Waals surface area contributed by atoms with Crippen molar-refractivity contribution in [2.75, 3.05) is 24.7 Å². The first-order chi connectivity index (χ1) is 19.2. The van der Waals surface area contributed by atoms with E-state index in [4.69, 9.17) is 14.6 Å². The topological polar surface area (TPSA) is 108 Å². The van der Waals surface area contributed by atoms with Gasteiger partial charge in [0.15, 0.2) is 6.29 Å². The number of alkyl halides is 3. The number of aliphatic hydroxyl groups is 2. The fourth-order valence-electron chi connectivity index (χ4n) is 4.85. The number of rotatable bonds is 10. The van der Waals surface area contributed by atoms with Gasteiger partial charge in [0.2, 0.25) is 5.91 Å². The average Bonchev–Trinajstić information content (AvgIpc) is 3.45. The van der Waals surface area contributed by atoms with Crippen LogP contribution in [0.1, 0.15) is 53.9 Å². The number of hydrogen-bond acceptors (Lipinski definition) is 7. The van der Waals surface area contributed by atoms with E-state index >= 15 is 0 Å². The molecule has 218 valence electrons. The molecule has 2 heterocycles. The van der Waals surface area contributed by atoms with Crippen LogP contribution in [-0.2, 0) is 32.2 Å². The summed E-state index contributed by atoms with van der Waals surface area (Å²) in [4.78, 5) is 24.8. The fraction of sp³-hybridized carbons (Fsp3) is 0.500. The van der Waals surface area contributed by atoms with Gasteiger partial charge in [-0.25, -0.2) is 0 Å². The maximum atomic E-state index is 12.9. The van der Waals surface area contributed by atoms with Gasteiger partial charge < -0.3 is 29.9 Å². The van der Waals surface area contributed by atoms with E-state index in [1.807, 2.05) is 36.4 Å². The largest absolute Gasteiger partial charge is 0.471 e. The van der Waals surface area contributed by atoms with Gasteiger partial charge in [-0.2, -0.15) is 24.9 Å². The molecular formula is C28H33F3N2O6S. The molecule has 4 atom stereocenters. The van der Waals surface area contributed by atoms with Crippen LogP contribution in [0, 0.1) is 0 Å². The Bertz CT molecular complexity index is 1130. The molecule has 2 aliphatic heterocycles. The lowest BCUT2D eigenvalue weighted by Gasteiger charge is -2.36. The van der Waals surface area contributed by atoms with Crippen LogP contribution in [0.3, 0.4) is 0 Å². The highest BCUT2D eigenvalue weighted by atomic mass is 32.2. The van der Waals surface area contributed by atoms with Gasteiger partial charge in [0.05, 0.1) is 25.4 Å². The normalized spacial score (nSPS) is 23.3. The zero-order valence-electron chi connectivity index (χ0n) is 21.8. The van der Waals surface area contributed by atoms with Crippen LogP contribution in [0.4, 0.5) is 13.2 Å². The first-order valence-corrected chi connectivity index (χ1v) is 14.3. The average molecular weight is 583 g/mol. The fourth-order valence-corrected chi connectivity index (χ4v) is 5.62. The maximum absolute atomic E-state index is 12.9. The third-order valence-electron chi connectivity index (χ3n) is 6.93. The SMILES string of the molecule is O=C(NCc1ccc(C2OC(CSCCO)CC(c3ccc(CO)cc3)O2)cc1)C1CCCN1C(=O)C(F)(F)F. The Kier molecular flexibility index (Phi) is 10.5. The second kappa shape index (κ2) is 13.8. The van der Waals surface area contributed by atoms with Gasteiger partial charge >= 0.3 is 12.1 Å². The molecule has 4 rings (SSSR count). The minimum atomic E-state index is -5.01. The van der Waals surface area contributed by atoms with Crippen molar-refractivity contribution in [3.63, 3.8) is 0 Å². The summed E-state index contributed by atoms with van der Waals surface area (Å²) in [5, 5.41) is 21.1. The summed E-state index contributed by atoms with van der Waals surface area (Å²) in [6.07, 6.45) is -4.87. The monoisotopic (exact) mass is 582 g/mol. The number of thioether (sulfide) groups is 1. The first-order valence-electron chi connectivity index (χ1n) is 13.1. The zero-order valence-corrected chi connectivity index (χ0v) is 22.6. The lowest BCUT2D eigenvalue weighted by molar-refractivity contribution is -0.245. The summed E-state index contributed by atoms with van der Waals surface area (Å²) >= 11 is 1.59. The van der Waals surface area contributed by atoms with E-state index < -0.39 is 30.3 Å². The van der Waals surface area contributed by atoms with Crippen molar-refractivity contribution in [3.05, 3.63) is 70.8 Å². The predicted octanol–water partition coefficient (Wildman–Crippen LogP) is 3.62.